The minimum atomic E-state index is 0.489. The normalized spacial score (nSPS) is 10.3. The highest BCUT2D eigenvalue weighted by molar-refractivity contribution is 9.10. The van der Waals surface area contributed by atoms with E-state index < -0.39 is 0 Å². The van der Waals surface area contributed by atoms with Crippen LogP contribution in [0.1, 0.15) is 0 Å². The fourth-order valence-corrected chi connectivity index (χ4v) is 2.02. The molecule has 0 spiro atoms. The zero-order chi connectivity index (χ0) is 12.4. The molecule has 0 saturated heterocycles. The lowest BCUT2D eigenvalue weighted by molar-refractivity contribution is 1.29. The molecule has 0 aliphatic heterocycles. The van der Waals surface area contributed by atoms with Crippen molar-refractivity contribution >= 4 is 56.3 Å². The van der Waals surface area contributed by atoms with Crippen molar-refractivity contribution in [2.24, 2.45) is 0 Å². The van der Waals surface area contributed by atoms with Gasteiger partial charge in [-0.25, -0.2) is 4.98 Å². The third-order valence-corrected chi connectivity index (χ3v) is 3.39. The molecule has 0 amide bonds. The molecule has 3 N–H and O–H groups in total. The Labute approximate surface area is 117 Å². The second-order valence-corrected chi connectivity index (χ2v) is 5.02. The van der Waals surface area contributed by atoms with Crippen molar-refractivity contribution in [1.29, 1.82) is 0 Å². The number of halogens is 3. The van der Waals surface area contributed by atoms with Gasteiger partial charge >= 0.3 is 0 Å². The lowest BCUT2D eigenvalue weighted by atomic mass is 10.3. The van der Waals surface area contributed by atoms with E-state index in [2.05, 4.69) is 26.2 Å². The van der Waals surface area contributed by atoms with Crippen molar-refractivity contribution < 1.29 is 0 Å². The molecule has 2 aromatic rings. The summed E-state index contributed by atoms with van der Waals surface area (Å²) >= 11 is 15.1. The molecule has 1 aromatic heterocycles. The lowest BCUT2D eigenvalue weighted by Gasteiger charge is -2.08. The molecule has 0 radical (unpaired) electrons. The number of aromatic nitrogens is 1. The molecule has 1 heterocycles. The maximum absolute atomic E-state index is 5.92. The smallest absolute Gasteiger partial charge is 0.144 e. The molecule has 0 fully saturated rings. The first-order valence-corrected chi connectivity index (χ1v) is 6.24. The zero-order valence-electron chi connectivity index (χ0n) is 8.55. The average molecular weight is 333 g/mol. The average Bonchev–Trinajstić information content (AvgIpc) is 2.27. The van der Waals surface area contributed by atoms with Gasteiger partial charge in [0.05, 0.1) is 26.4 Å². The predicted molar refractivity (Wildman–Crippen MR) is 76.1 cm³/mol. The number of pyridine rings is 1. The van der Waals surface area contributed by atoms with E-state index in [-0.39, 0.29) is 0 Å². The molecular weight excluding hydrogens is 325 g/mol. The molecule has 6 heteroatoms. The number of anilines is 3. The molecule has 0 unspecified atom stereocenters. The van der Waals surface area contributed by atoms with Gasteiger partial charge in [-0.2, -0.15) is 0 Å². The molecule has 0 atom stereocenters. The van der Waals surface area contributed by atoms with Crippen LogP contribution in [0.3, 0.4) is 0 Å². The highest BCUT2D eigenvalue weighted by atomic mass is 79.9. The van der Waals surface area contributed by atoms with Gasteiger partial charge in [-0.1, -0.05) is 23.2 Å². The maximum Gasteiger partial charge on any atom is 0.144 e. The van der Waals surface area contributed by atoms with Crippen LogP contribution in [0.4, 0.5) is 17.2 Å². The van der Waals surface area contributed by atoms with Crippen molar-refractivity contribution in [1.82, 2.24) is 4.98 Å². The summed E-state index contributed by atoms with van der Waals surface area (Å²) in [6.07, 6.45) is 1.57. The number of nitrogens with two attached hydrogens (primary N) is 1. The Bertz CT molecular complexity index is 560. The van der Waals surface area contributed by atoms with E-state index >= 15 is 0 Å². The summed E-state index contributed by atoms with van der Waals surface area (Å²) in [4.78, 5) is 4.17. The van der Waals surface area contributed by atoms with Gasteiger partial charge in [0.1, 0.15) is 5.82 Å². The summed E-state index contributed by atoms with van der Waals surface area (Å²) in [5, 5.41) is 4.12. The molecule has 88 valence electrons. The SMILES string of the molecule is Nc1cnc(Nc2ccc(Cl)c(Cl)c2)c(Br)c1. The van der Waals surface area contributed by atoms with E-state index in [1.54, 1.807) is 24.4 Å². The first kappa shape index (κ1) is 12.5. The third-order valence-electron chi connectivity index (χ3n) is 2.04. The fourth-order valence-electron chi connectivity index (χ4n) is 1.26. The van der Waals surface area contributed by atoms with E-state index in [1.807, 2.05) is 6.07 Å². The van der Waals surface area contributed by atoms with Crippen LogP contribution in [0.5, 0.6) is 0 Å². The second kappa shape index (κ2) is 5.12. The van der Waals surface area contributed by atoms with Gasteiger partial charge in [-0.15, -0.1) is 0 Å². The van der Waals surface area contributed by atoms with Gasteiger partial charge in [0, 0.05) is 5.69 Å². The first-order chi connectivity index (χ1) is 8.06. The number of benzene rings is 1. The van der Waals surface area contributed by atoms with Gasteiger partial charge in [-0.05, 0) is 40.2 Å². The minimum absolute atomic E-state index is 0.489. The molecule has 0 bridgehead atoms. The predicted octanol–water partition coefficient (Wildman–Crippen LogP) is 4.48. The minimum Gasteiger partial charge on any atom is -0.397 e. The maximum atomic E-state index is 5.92. The summed E-state index contributed by atoms with van der Waals surface area (Å²) in [6.45, 7) is 0. The highest BCUT2D eigenvalue weighted by Gasteiger charge is 2.04. The van der Waals surface area contributed by atoms with Crippen molar-refractivity contribution in [3.63, 3.8) is 0 Å². The standard InChI is InChI=1S/C11H8BrCl2N3/c12-8-3-6(15)5-16-11(8)17-7-1-2-9(13)10(14)4-7/h1-5H,15H2,(H,16,17). The van der Waals surface area contributed by atoms with Crippen LogP contribution < -0.4 is 11.1 Å². The Hall–Kier alpha value is -0.970. The second-order valence-electron chi connectivity index (χ2n) is 3.35. The van der Waals surface area contributed by atoms with Crippen LogP contribution >= 0.6 is 39.1 Å². The molecule has 0 aliphatic rings. The van der Waals surface area contributed by atoms with E-state index in [9.17, 15) is 0 Å². The number of hydrogen-bond donors (Lipinski definition) is 2. The van der Waals surface area contributed by atoms with Crippen molar-refractivity contribution in [2.45, 2.75) is 0 Å². The van der Waals surface area contributed by atoms with Crippen molar-refractivity contribution in [3.8, 4) is 0 Å². The van der Waals surface area contributed by atoms with Crippen molar-refractivity contribution in [3.05, 3.63) is 45.0 Å². The topological polar surface area (TPSA) is 50.9 Å². The fraction of sp³-hybridized carbons (Fsp3) is 0. The molecule has 3 nitrogen and oxygen atoms in total. The quantitative estimate of drug-likeness (QED) is 0.852. The molecule has 2 rings (SSSR count). The third kappa shape index (κ3) is 3.03. The monoisotopic (exact) mass is 331 g/mol. The summed E-state index contributed by atoms with van der Waals surface area (Å²) in [7, 11) is 0. The van der Waals surface area contributed by atoms with Gasteiger partial charge in [0.25, 0.3) is 0 Å². The number of nitrogens with zero attached hydrogens (tertiary/aromatic N) is 1. The molecule has 0 saturated carbocycles. The molecule has 1 aromatic carbocycles. The number of hydrogen-bond acceptors (Lipinski definition) is 3. The molecular formula is C11H8BrCl2N3. The number of nitrogen functional groups attached to an aromatic ring is 1. The Morgan fingerprint density at radius 1 is 1.18 bits per heavy atom. The first-order valence-electron chi connectivity index (χ1n) is 4.69. The van der Waals surface area contributed by atoms with Gasteiger partial charge in [-0.3, -0.25) is 0 Å². The lowest BCUT2D eigenvalue weighted by Crippen LogP contribution is -1.96. The van der Waals surface area contributed by atoms with Crippen LogP contribution in [-0.2, 0) is 0 Å². The van der Waals surface area contributed by atoms with Gasteiger partial charge in [0.2, 0.25) is 0 Å². The Balaban J connectivity index is 2.28. The number of rotatable bonds is 2. The van der Waals surface area contributed by atoms with Crippen LogP contribution in [0, 0.1) is 0 Å². The number of nitrogens with one attached hydrogen (secondary N) is 1. The van der Waals surface area contributed by atoms with E-state index in [1.165, 1.54) is 0 Å². The van der Waals surface area contributed by atoms with Gasteiger partial charge in [0.15, 0.2) is 0 Å². The van der Waals surface area contributed by atoms with Gasteiger partial charge < -0.3 is 11.1 Å². The zero-order valence-corrected chi connectivity index (χ0v) is 11.6. The van der Waals surface area contributed by atoms with Crippen LogP contribution in [-0.4, -0.2) is 4.98 Å². The van der Waals surface area contributed by atoms with Crippen LogP contribution in [0.2, 0.25) is 10.0 Å². The summed E-state index contributed by atoms with van der Waals surface area (Å²) in [5.74, 6) is 0.664. The molecule has 0 aliphatic carbocycles. The summed E-state index contributed by atoms with van der Waals surface area (Å²) in [5.41, 5.74) is 7.00. The Morgan fingerprint density at radius 3 is 2.59 bits per heavy atom. The summed E-state index contributed by atoms with van der Waals surface area (Å²) in [6, 6.07) is 7.04. The van der Waals surface area contributed by atoms with E-state index in [4.69, 9.17) is 28.9 Å². The van der Waals surface area contributed by atoms with E-state index in [0.717, 1.165) is 10.2 Å². The summed E-state index contributed by atoms with van der Waals surface area (Å²) < 4.78 is 0.781. The Kier molecular flexibility index (Phi) is 3.76. The van der Waals surface area contributed by atoms with Crippen LogP contribution in [0.25, 0.3) is 0 Å². The van der Waals surface area contributed by atoms with Crippen LogP contribution in [0.15, 0.2) is 34.9 Å². The highest BCUT2D eigenvalue weighted by Crippen LogP contribution is 2.29. The van der Waals surface area contributed by atoms with E-state index in [0.29, 0.717) is 21.6 Å². The van der Waals surface area contributed by atoms with Crippen molar-refractivity contribution in [2.75, 3.05) is 11.1 Å². The largest absolute Gasteiger partial charge is 0.397 e. The molecule has 17 heavy (non-hydrogen) atoms. The Morgan fingerprint density at radius 2 is 1.94 bits per heavy atom.